The van der Waals surface area contributed by atoms with E-state index >= 15 is 0 Å². The van der Waals surface area contributed by atoms with Gasteiger partial charge in [-0.3, -0.25) is 4.90 Å². The molecule has 0 bridgehead atoms. The molecule has 5 heteroatoms. The van der Waals surface area contributed by atoms with Crippen molar-refractivity contribution in [2.24, 2.45) is 0 Å². The molecule has 1 aromatic rings. The number of nitrogens with zero attached hydrogens (tertiary/aromatic N) is 4. The molecule has 0 unspecified atom stereocenters. The molecule has 5 nitrogen and oxygen atoms in total. The Kier molecular flexibility index (Phi) is 5.03. The van der Waals surface area contributed by atoms with Crippen LogP contribution in [0.5, 0.6) is 5.88 Å². The van der Waals surface area contributed by atoms with Gasteiger partial charge in [0.1, 0.15) is 11.6 Å². The van der Waals surface area contributed by atoms with E-state index in [1.54, 1.807) is 13.3 Å². The van der Waals surface area contributed by atoms with Gasteiger partial charge in [0.2, 0.25) is 5.88 Å². The average Bonchev–Trinajstić information content (AvgIpc) is 2.53. The van der Waals surface area contributed by atoms with Crippen molar-refractivity contribution in [3.63, 3.8) is 0 Å². The zero-order valence-electron chi connectivity index (χ0n) is 13.3. The summed E-state index contributed by atoms with van der Waals surface area (Å²) in [6, 6.07) is 5.23. The SMILES string of the molecule is CC[C@H]1CN(c2ccnc(OC)c2C#N)CCN1C(C)C. The number of hydrogen-bond donors (Lipinski definition) is 0. The van der Waals surface area contributed by atoms with Gasteiger partial charge in [0.15, 0.2) is 0 Å². The Balaban J connectivity index is 2.27. The molecule has 1 fully saturated rings. The van der Waals surface area contributed by atoms with Crippen LogP contribution in [0.2, 0.25) is 0 Å². The molecule has 0 aliphatic carbocycles. The van der Waals surface area contributed by atoms with E-state index in [9.17, 15) is 5.26 Å². The van der Waals surface area contributed by atoms with Gasteiger partial charge in [-0.05, 0) is 26.3 Å². The lowest BCUT2D eigenvalue weighted by Gasteiger charge is -2.44. The van der Waals surface area contributed by atoms with Crippen molar-refractivity contribution in [3.8, 4) is 11.9 Å². The third-order valence-corrected chi connectivity index (χ3v) is 4.20. The van der Waals surface area contributed by atoms with E-state index in [1.165, 1.54) is 0 Å². The maximum Gasteiger partial charge on any atom is 0.233 e. The number of aromatic nitrogens is 1. The number of methoxy groups -OCH3 is 1. The fraction of sp³-hybridized carbons (Fsp3) is 0.625. The van der Waals surface area contributed by atoms with Gasteiger partial charge in [0, 0.05) is 37.9 Å². The van der Waals surface area contributed by atoms with E-state index < -0.39 is 0 Å². The molecular formula is C16H24N4O. The van der Waals surface area contributed by atoms with Gasteiger partial charge in [-0.2, -0.15) is 5.26 Å². The smallest absolute Gasteiger partial charge is 0.233 e. The minimum atomic E-state index is 0.411. The van der Waals surface area contributed by atoms with Gasteiger partial charge in [0.05, 0.1) is 12.8 Å². The van der Waals surface area contributed by atoms with Crippen LogP contribution in [-0.2, 0) is 0 Å². The van der Waals surface area contributed by atoms with Crippen LogP contribution in [0.1, 0.15) is 32.8 Å². The zero-order valence-corrected chi connectivity index (χ0v) is 13.3. The molecule has 0 amide bonds. The van der Waals surface area contributed by atoms with E-state index in [4.69, 9.17) is 4.74 Å². The molecule has 0 saturated carbocycles. The van der Waals surface area contributed by atoms with Gasteiger partial charge in [-0.25, -0.2) is 4.98 Å². The zero-order chi connectivity index (χ0) is 15.4. The molecule has 1 aromatic heterocycles. The number of anilines is 1. The van der Waals surface area contributed by atoms with E-state index in [0.717, 1.165) is 31.7 Å². The molecule has 0 N–H and O–H groups in total. The third-order valence-electron chi connectivity index (χ3n) is 4.20. The van der Waals surface area contributed by atoms with Crippen molar-refractivity contribution in [1.82, 2.24) is 9.88 Å². The normalized spacial score (nSPS) is 19.6. The fourth-order valence-corrected chi connectivity index (χ4v) is 3.09. The summed E-state index contributed by atoms with van der Waals surface area (Å²) in [5.41, 5.74) is 1.47. The molecule has 21 heavy (non-hydrogen) atoms. The Hall–Kier alpha value is -1.80. The van der Waals surface area contributed by atoms with Crippen LogP contribution in [0, 0.1) is 11.3 Å². The molecule has 1 atom stereocenters. The standard InChI is InChI=1S/C16H24N4O/c1-5-13-11-19(8-9-20(13)12(2)3)15-6-7-18-16(21-4)14(15)10-17/h6-7,12-13H,5,8-9,11H2,1-4H3/t13-/m0/s1. The Labute approximate surface area is 127 Å². The molecule has 1 saturated heterocycles. The summed E-state index contributed by atoms with van der Waals surface area (Å²) >= 11 is 0. The van der Waals surface area contributed by atoms with E-state index in [0.29, 0.717) is 23.5 Å². The summed E-state index contributed by atoms with van der Waals surface area (Å²) in [6.45, 7) is 9.60. The van der Waals surface area contributed by atoms with Crippen LogP contribution >= 0.6 is 0 Å². The minimum Gasteiger partial charge on any atom is -0.480 e. The number of piperazine rings is 1. The number of hydrogen-bond acceptors (Lipinski definition) is 5. The number of nitriles is 1. The minimum absolute atomic E-state index is 0.411. The first kappa shape index (κ1) is 15.6. The second kappa shape index (κ2) is 6.77. The topological polar surface area (TPSA) is 52.4 Å². The van der Waals surface area contributed by atoms with Crippen molar-refractivity contribution in [2.45, 2.75) is 39.3 Å². The van der Waals surface area contributed by atoms with Crippen LogP contribution in [0.4, 0.5) is 5.69 Å². The van der Waals surface area contributed by atoms with Crippen LogP contribution in [0.25, 0.3) is 0 Å². The van der Waals surface area contributed by atoms with Gasteiger partial charge in [0.25, 0.3) is 0 Å². The van der Waals surface area contributed by atoms with Gasteiger partial charge >= 0.3 is 0 Å². The fourth-order valence-electron chi connectivity index (χ4n) is 3.09. The monoisotopic (exact) mass is 288 g/mol. The maximum absolute atomic E-state index is 9.42. The summed E-state index contributed by atoms with van der Waals surface area (Å²) in [5, 5.41) is 9.42. The number of rotatable bonds is 4. The van der Waals surface area contributed by atoms with E-state index in [1.807, 2.05) is 6.07 Å². The molecular weight excluding hydrogens is 264 g/mol. The van der Waals surface area contributed by atoms with Crippen molar-refractivity contribution >= 4 is 5.69 Å². The van der Waals surface area contributed by atoms with Gasteiger partial charge < -0.3 is 9.64 Å². The maximum atomic E-state index is 9.42. The van der Waals surface area contributed by atoms with Gasteiger partial charge in [-0.15, -0.1) is 0 Å². The largest absolute Gasteiger partial charge is 0.480 e. The first-order valence-corrected chi connectivity index (χ1v) is 7.56. The summed E-state index contributed by atoms with van der Waals surface area (Å²) in [4.78, 5) is 8.95. The van der Waals surface area contributed by atoms with Crippen LogP contribution in [0.15, 0.2) is 12.3 Å². The molecule has 1 aliphatic rings. The molecule has 0 radical (unpaired) electrons. The Bertz CT molecular complexity index is 523. The van der Waals surface area contributed by atoms with Crippen molar-refractivity contribution in [2.75, 3.05) is 31.6 Å². The first-order valence-electron chi connectivity index (χ1n) is 7.56. The molecule has 0 aromatic carbocycles. The van der Waals surface area contributed by atoms with Crippen LogP contribution in [0.3, 0.4) is 0 Å². The van der Waals surface area contributed by atoms with Crippen LogP contribution < -0.4 is 9.64 Å². The Morgan fingerprint density at radius 2 is 2.24 bits per heavy atom. The predicted octanol–water partition coefficient (Wildman–Crippen LogP) is 2.27. The van der Waals surface area contributed by atoms with Crippen molar-refractivity contribution in [1.29, 1.82) is 5.26 Å². The van der Waals surface area contributed by atoms with E-state index in [-0.39, 0.29) is 0 Å². The molecule has 1 aliphatic heterocycles. The quantitative estimate of drug-likeness (QED) is 0.850. The predicted molar refractivity (Wildman–Crippen MR) is 83.6 cm³/mol. The van der Waals surface area contributed by atoms with Crippen molar-refractivity contribution < 1.29 is 4.74 Å². The second-order valence-corrected chi connectivity index (χ2v) is 5.67. The highest BCUT2D eigenvalue weighted by Gasteiger charge is 2.29. The summed E-state index contributed by atoms with van der Waals surface area (Å²) in [7, 11) is 1.55. The number of ether oxygens (including phenoxy) is 1. The van der Waals surface area contributed by atoms with Crippen molar-refractivity contribution in [3.05, 3.63) is 17.8 Å². The highest BCUT2D eigenvalue weighted by Crippen LogP contribution is 2.29. The third kappa shape index (κ3) is 3.11. The lowest BCUT2D eigenvalue weighted by atomic mass is 10.1. The highest BCUT2D eigenvalue weighted by atomic mass is 16.5. The highest BCUT2D eigenvalue weighted by molar-refractivity contribution is 5.63. The summed E-state index contributed by atoms with van der Waals surface area (Å²) < 4.78 is 5.21. The Morgan fingerprint density at radius 3 is 2.81 bits per heavy atom. The number of pyridine rings is 1. The van der Waals surface area contributed by atoms with Crippen LogP contribution in [-0.4, -0.2) is 48.7 Å². The molecule has 2 heterocycles. The lowest BCUT2D eigenvalue weighted by molar-refractivity contribution is 0.133. The molecule has 2 rings (SSSR count). The first-order chi connectivity index (χ1) is 10.1. The molecule has 0 spiro atoms. The second-order valence-electron chi connectivity index (χ2n) is 5.67. The van der Waals surface area contributed by atoms with E-state index in [2.05, 4.69) is 41.6 Å². The molecule has 114 valence electrons. The average molecular weight is 288 g/mol. The lowest BCUT2D eigenvalue weighted by Crippen LogP contribution is -2.55. The summed E-state index contributed by atoms with van der Waals surface area (Å²) in [5.74, 6) is 0.411. The summed E-state index contributed by atoms with van der Waals surface area (Å²) in [6.07, 6.45) is 2.82. The Morgan fingerprint density at radius 1 is 1.48 bits per heavy atom. The van der Waals surface area contributed by atoms with Gasteiger partial charge in [-0.1, -0.05) is 6.92 Å².